The van der Waals surface area contributed by atoms with Gasteiger partial charge in [-0.15, -0.1) is 0 Å². The van der Waals surface area contributed by atoms with Crippen molar-refractivity contribution in [3.05, 3.63) is 65.2 Å². The molecule has 2 rings (SSSR count). The number of hydrogen-bond acceptors (Lipinski definition) is 3. The van der Waals surface area contributed by atoms with E-state index in [0.29, 0.717) is 11.3 Å². The van der Waals surface area contributed by atoms with E-state index in [4.69, 9.17) is 4.74 Å². The molecule has 0 fully saturated rings. The largest absolute Gasteiger partial charge is 0.497 e. The molecule has 2 aromatic rings. The van der Waals surface area contributed by atoms with E-state index >= 15 is 0 Å². The second-order valence-electron chi connectivity index (χ2n) is 6.58. The second-order valence-corrected chi connectivity index (χ2v) is 6.58. The van der Waals surface area contributed by atoms with Gasteiger partial charge in [0.1, 0.15) is 5.75 Å². The molecule has 7 heteroatoms. The molecule has 0 aromatic heterocycles. The molecular formula is C21H24F2N2O3. The zero-order valence-corrected chi connectivity index (χ0v) is 16.3. The number of benzene rings is 2. The van der Waals surface area contributed by atoms with E-state index in [1.807, 2.05) is 0 Å². The first-order valence-corrected chi connectivity index (χ1v) is 8.84. The molecule has 0 heterocycles. The van der Waals surface area contributed by atoms with E-state index in [-0.39, 0.29) is 18.2 Å². The van der Waals surface area contributed by atoms with Crippen molar-refractivity contribution in [3.8, 4) is 5.75 Å². The van der Waals surface area contributed by atoms with E-state index in [2.05, 4.69) is 5.32 Å². The molecule has 0 spiro atoms. The molecule has 0 unspecified atom stereocenters. The molecule has 2 atom stereocenters. The smallest absolute Gasteiger partial charge is 0.225 e. The van der Waals surface area contributed by atoms with E-state index in [1.54, 1.807) is 45.3 Å². The fourth-order valence-corrected chi connectivity index (χ4v) is 2.86. The summed E-state index contributed by atoms with van der Waals surface area (Å²) in [5.74, 6) is -1.73. The molecule has 0 saturated carbocycles. The van der Waals surface area contributed by atoms with Crippen LogP contribution in [0, 0.1) is 11.6 Å². The number of carbonyl (C=O) groups excluding carboxylic acids is 2. The van der Waals surface area contributed by atoms with Gasteiger partial charge in [-0.25, -0.2) is 8.78 Å². The highest BCUT2D eigenvalue weighted by atomic mass is 19.2. The van der Waals surface area contributed by atoms with Gasteiger partial charge >= 0.3 is 0 Å². The number of rotatable bonds is 7. The van der Waals surface area contributed by atoms with E-state index in [1.165, 1.54) is 17.9 Å². The number of nitrogens with one attached hydrogen (secondary N) is 1. The van der Waals surface area contributed by atoms with Gasteiger partial charge < -0.3 is 15.0 Å². The van der Waals surface area contributed by atoms with Crippen molar-refractivity contribution in [2.75, 3.05) is 14.2 Å². The molecule has 0 aliphatic rings. The zero-order chi connectivity index (χ0) is 20.8. The topological polar surface area (TPSA) is 58.6 Å². The van der Waals surface area contributed by atoms with Crippen LogP contribution in [0.4, 0.5) is 8.78 Å². The van der Waals surface area contributed by atoms with Gasteiger partial charge in [-0.1, -0.05) is 18.2 Å². The van der Waals surface area contributed by atoms with E-state index < -0.39 is 23.7 Å². The first kappa shape index (κ1) is 21.3. The van der Waals surface area contributed by atoms with Gasteiger partial charge in [-0.05, 0) is 42.3 Å². The number of hydrogen-bond donors (Lipinski definition) is 1. The highest BCUT2D eigenvalue weighted by Gasteiger charge is 2.23. The van der Waals surface area contributed by atoms with E-state index in [0.717, 1.165) is 17.7 Å². The van der Waals surface area contributed by atoms with Crippen molar-refractivity contribution in [1.82, 2.24) is 10.2 Å². The van der Waals surface area contributed by atoms with Crippen molar-refractivity contribution < 1.29 is 23.1 Å². The Morgan fingerprint density at radius 1 is 1.07 bits per heavy atom. The number of methoxy groups -OCH3 is 1. The van der Waals surface area contributed by atoms with Crippen LogP contribution in [0.3, 0.4) is 0 Å². The fraction of sp³-hybridized carbons (Fsp3) is 0.333. The lowest BCUT2D eigenvalue weighted by Gasteiger charge is -2.28. The Kier molecular flexibility index (Phi) is 7.09. The summed E-state index contributed by atoms with van der Waals surface area (Å²) in [5.41, 5.74) is 1.24. The van der Waals surface area contributed by atoms with Crippen molar-refractivity contribution in [2.24, 2.45) is 0 Å². The fourth-order valence-electron chi connectivity index (χ4n) is 2.86. The third-order valence-corrected chi connectivity index (χ3v) is 4.67. The van der Waals surface area contributed by atoms with Gasteiger partial charge in [0.05, 0.1) is 25.6 Å². The standard InChI is InChI=1S/C21H24F2N2O3/c1-13(16-7-10-18(22)19(23)11-16)25(3)21(27)12-20(24-14(2)26)15-5-8-17(28-4)9-6-15/h5-11,13,20H,12H2,1-4H3,(H,24,26)/t13-,20-/m0/s1. The summed E-state index contributed by atoms with van der Waals surface area (Å²) in [6.07, 6.45) is 0.0242. The summed E-state index contributed by atoms with van der Waals surface area (Å²) in [5, 5.41) is 2.78. The molecular weight excluding hydrogens is 366 g/mol. The van der Waals surface area contributed by atoms with Crippen LogP contribution in [0.25, 0.3) is 0 Å². The Morgan fingerprint density at radius 2 is 1.68 bits per heavy atom. The third-order valence-electron chi connectivity index (χ3n) is 4.67. The molecule has 0 bridgehead atoms. The van der Waals surface area contributed by atoms with Gasteiger partial charge in [-0.2, -0.15) is 0 Å². The first-order valence-electron chi connectivity index (χ1n) is 8.84. The summed E-state index contributed by atoms with van der Waals surface area (Å²) in [6.45, 7) is 3.11. The van der Waals surface area contributed by atoms with Crippen molar-refractivity contribution in [1.29, 1.82) is 0 Å². The summed E-state index contributed by atoms with van der Waals surface area (Å²) >= 11 is 0. The maximum Gasteiger partial charge on any atom is 0.225 e. The maximum atomic E-state index is 13.5. The Labute approximate surface area is 163 Å². The SMILES string of the molecule is COc1ccc([C@H](CC(=O)N(C)[C@@H](C)c2ccc(F)c(F)c2)NC(C)=O)cc1. The number of amides is 2. The number of nitrogens with zero attached hydrogens (tertiary/aromatic N) is 1. The van der Waals surface area contributed by atoms with Crippen LogP contribution < -0.4 is 10.1 Å². The summed E-state index contributed by atoms with van der Waals surface area (Å²) in [7, 11) is 3.14. The molecule has 0 aliphatic carbocycles. The van der Waals surface area contributed by atoms with Gasteiger partial charge in [0.15, 0.2) is 11.6 Å². The van der Waals surface area contributed by atoms with Crippen LogP contribution in [0.5, 0.6) is 5.75 Å². The maximum absolute atomic E-state index is 13.5. The highest BCUT2D eigenvalue weighted by molar-refractivity contribution is 5.79. The van der Waals surface area contributed by atoms with Crippen LogP contribution in [0.2, 0.25) is 0 Å². The normalized spacial score (nSPS) is 12.8. The molecule has 2 amide bonds. The lowest BCUT2D eigenvalue weighted by Crippen LogP contribution is -2.35. The quantitative estimate of drug-likeness (QED) is 0.783. The lowest BCUT2D eigenvalue weighted by atomic mass is 10.0. The number of ether oxygens (including phenoxy) is 1. The molecule has 2 aromatic carbocycles. The Morgan fingerprint density at radius 3 is 2.21 bits per heavy atom. The van der Waals surface area contributed by atoms with Gasteiger partial charge in [0.25, 0.3) is 0 Å². The van der Waals surface area contributed by atoms with Crippen LogP contribution in [-0.4, -0.2) is 30.9 Å². The molecule has 150 valence electrons. The summed E-state index contributed by atoms with van der Waals surface area (Å²) in [6, 6.07) is 9.66. The van der Waals surface area contributed by atoms with Crippen LogP contribution >= 0.6 is 0 Å². The first-order chi connectivity index (χ1) is 13.2. The third kappa shape index (κ3) is 5.28. The van der Waals surface area contributed by atoms with Gasteiger partial charge in [0, 0.05) is 14.0 Å². The number of carbonyl (C=O) groups is 2. The minimum Gasteiger partial charge on any atom is -0.497 e. The molecule has 28 heavy (non-hydrogen) atoms. The Hall–Kier alpha value is -2.96. The second kappa shape index (κ2) is 9.30. The summed E-state index contributed by atoms with van der Waals surface area (Å²) in [4.78, 5) is 25.8. The average Bonchev–Trinajstić information content (AvgIpc) is 2.68. The van der Waals surface area contributed by atoms with Crippen LogP contribution in [0.15, 0.2) is 42.5 Å². The Balaban J connectivity index is 2.16. The molecule has 5 nitrogen and oxygen atoms in total. The van der Waals surface area contributed by atoms with Crippen molar-refractivity contribution in [3.63, 3.8) is 0 Å². The molecule has 0 saturated heterocycles. The van der Waals surface area contributed by atoms with Crippen LogP contribution in [-0.2, 0) is 9.59 Å². The van der Waals surface area contributed by atoms with Crippen molar-refractivity contribution in [2.45, 2.75) is 32.4 Å². The monoisotopic (exact) mass is 390 g/mol. The lowest BCUT2D eigenvalue weighted by molar-refractivity contribution is -0.132. The minimum absolute atomic E-state index is 0.0242. The van der Waals surface area contributed by atoms with Crippen molar-refractivity contribution >= 4 is 11.8 Å². The highest BCUT2D eigenvalue weighted by Crippen LogP contribution is 2.25. The number of halogens is 2. The molecule has 1 N–H and O–H groups in total. The van der Waals surface area contributed by atoms with Crippen LogP contribution in [0.1, 0.15) is 43.5 Å². The molecule has 0 radical (unpaired) electrons. The van der Waals surface area contributed by atoms with E-state index in [9.17, 15) is 18.4 Å². The van der Waals surface area contributed by atoms with Gasteiger partial charge in [-0.3, -0.25) is 9.59 Å². The predicted octanol–water partition coefficient (Wildman–Crippen LogP) is 3.76. The predicted molar refractivity (Wildman–Crippen MR) is 102 cm³/mol. The average molecular weight is 390 g/mol. The minimum atomic E-state index is -0.959. The summed E-state index contributed by atoms with van der Waals surface area (Å²) < 4.78 is 31.8. The van der Waals surface area contributed by atoms with Gasteiger partial charge in [0.2, 0.25) is 11.8 Å². The zero-order valence-electron chi connectivity index (χ0n) is 16.3. The molecule has 0 aliphatic heterocycles. The Bertz CT molecular complexity index is 840.